The van der Waals surface area contributed by atoms with Gasteiger partial charge in [-0.25, -0.2) is 4.98 Å². The molecule has 1 aromatic heterocycles. The highest BCUT2D eigenvalue weighted by Crippen LogP contribution is 2.29. The summed E-state index contributed by atoms with van der Waals surface area (Å²) in [6.07, 6.45) is -4.95. The molecule has 0 aliphatic heterocycles. The van der Waals surface area contributed by atoms with Crippen LogP contribution in [0, 0.1) is 0 Å². The van der Waals surface area contributed by atoms with E-state index < -0.39 is 24.6 Å². The summed E-state index contributed by atoms with van der Waals surface area (Å²) in [5.74, 6) is -0.207. The topological polar surface area (TPSA) is 90.3 Å². The lowest BCUT2D eigenvalue weighted by Crippen LogP contribution is -2.24. The fourth-order valence-electron chi connectivity index (χ4n) is 1.29. The van der Waals surface area contributed by atoms with E-state index >= 15 is 0 Å². The monoisotopic (exact) mass is 294 g/mol. The van der Waals surface area contributed by atoms with Crippen LogP contribution in [0.1, 0.15) is 19.0 Å². The molecule has 20 heavy (non-hydrogen) atoms. The maximum Gasteiger partial charge on any atom is 0.433 e. The molecule has 1 atom stereocenters. The summed E-state index contributed by atoms with van der Waals surface area (Å²) in [6.45, 7) is 1.70. The van der Waals surface area contributed by atoms with E-state index in [2.05, 4.69) is 20.6 Å². The van der Waals surface area contributed by atoms with Crippen LogP contribution in [0.3, 0.4) is 0 Å². The van der Waals surface area contributed by atoms with Crippen molar-refractivity contribution in [3.05, 3.63) is 11.8 Å². The van der Waals surface area contributed by atoms with Crippen LogP contribution in [0.15, 0.2) is 6.07 Å². The van der Waals surface area contributed by atoms with E-state index in [0.717, 1.165) is 6.07 Å². The Morgan fingerprint density at radius 3 is 2.55 bits per heavy atom. The quantitative estimate of drug-likeness (QED) is 0.602. The molecule has 0 spiro atoms. The molecule has 0 radical (unpaired) electrons. The fraction of sp³-hybridized carbons (Fsp3) is 0.636. The van der Waals surface area contributed by atoms with Crippen molar-refractivity contribution < 1.29 is 23.4 Å². The van der Waals surface area contributed by atoms with Gasteiger partial charge in [-0.3, -0.25) is 0 Å². The zero-order valence-corrected chi connectivity index (χ0v) is 10.9. The molecular weight excluding hydrogens is 277 g/mol. The molecule has 0 aliphatic carbocycles. The zero-order valence-electron chi connectivity index (χ0n) is 10.9. The number of anilines is 2. The average molecular weight is 294 g/mol. The van der Waals surface area contributed by atoms with Gasteiger partial charge in [-0.2, -0.15) is 18.2 Å². The number of hydrogen-bond acceptors (Lipinski definition) is 6. The first-order valence-electron chi connectivity index (χ1n) is 6.09. The van der Waals surface area contributed by atoms with Gasteiger partial charge in [0.05, 0.1) is 12.7 Å². The Balaban J connectivity index is 2.91. The Morgan fingerprint density at radius 2 is 2.00 bits per heavy atom. The highest BCUT2D eigenvalue weighted by atomic mass is 19.4. The second kappa shape index (κ2) is 7.25. The lowest BCUT2D eigenvalue weighted by molar-refractivity contribution is -0.141. The molecule has 0 saturated carbocycles. The van der Waals surface area contributed by atoms with Gasteiger partial charge in [0.25, 0.3) is 0 Å². The molecule has 4 N–H and O–H groups in total. The third-order valence-corrected chi connectivity index (χ3v) is 2.28. The molecule has 0 saturated heterocycles. The minimum Gasteiger partial charge on any atom is -0.394 e. The van der Waals surface area contributed by atoms with Crippen LogP contribution in [0.2, 0.25) is 0 Å². The number of aliphatic hydroxyl groups is 2. The Morgan fingerprint density at radius 1 is 1.30 bits per heavy atom. The lowest BCUT2D eigenvalue weighted by atomic mass is 10.3. The summed E-state index contributed by atoms with van der Waals surface area (Å²) in [5, 5.41) is 23.0. The third kappa shape index (κ3) is 5.17. The molecule has 114 valence electrons. The fourth-order valence-corrected chi connectivity index (χ4v) is 1.29. The predicted molar refractivity (Wildman–Crippen MR) is 67.4 cm³/mol. The summed E-state index contributed by atoms with van der Waals surface area (Å²) in [4.78, 5) is 7.25. The third-order valence-electron chi connectivity index (χ3n) is 2.28. The van der Waals surface area contributed by atoms with Crippen molar-refractivity contribution in [2.75, 3.05) is 30.3 Å². The van der Waals surface area contributed by atoms with Crippen molar-refractivity contribution in [3.63, 3.8) is 0 Å². The smallest absolute Gasteiger partial charge is 0.394 e. The van der Waals surface area contributed by atoms with Gasteiger partial charge in [-0.15, -0.1) is 0 Å². The average Bonchev–Trinajstić information content (AvgIpc) is 2.41. The number of nitrogens with one attached hydrogen (secondary N) is 2. The summed E-state index contributed by atoms with van der Waals surface area (Å²) in [7, 11) is 0. The normalized spacial score (nSPS) is 13.1. The molecule has 0 bridgehead atoms. The summed E-state index contributed by atoms with van der Waals surface area (Å²) >= 11 is 0. The van der Waals surface area contributed by atoms with Crippen LogP contribution in [-0.4, -0.2) is 46.0 Å². The van der Waals surface area contributed by atoms with Gasteiger partial charge in [0, 0.05) is 19.2 Å². The molecule has 0 fully saturated rings. The molecule has 9 heteroatoms. The van der Waals surface area contributed by atoms with Gasteiger partial charge in [0.1, 0.15) is 5.82 Å². The van der Waals surface area contributed by atoms with Crippen molar-refractivity contribution in [2.24, 2.45) is 0 Å². The second-order valence-electron chi connectivity index (χ2n) is 4.10. The Kier molecular flexibility index (Phi) is 5.96. The first-order chi connectivity index (χ1) is 9.36. The molecule has 1 rings (SSSR count). The van der Waals surface area contributed by atoms with E-state index in [1.165, 1.54) is 0 Å². The highest BCUT2D eigenvalue weighted by Gasteiger charge is 2.33. The second-order valence-corrected chi connectivity index (χ2v) is 4.10. The van der Waals surface area contributed by atoms with E-state index in [0.29, 0.717) is 13.0 Å². The van der Waals surface area contributed by atoms with E-state index in [1.807, 2.05) is 6.92 Å². The Hall–Kier alpha value is -1.61. The van der Waals surface area contributed by atoms with E-state index in [1.54, 1.807) is 0 Å². The van der Waals surface area contributed by atoms with Gasteiger partial charge < -0.3 is 20.8 Å². The van der Waals surface area contributed by atoms with Crippen LogP contribution in [-0.2, 0) is 6.18 Å². The van der Waals surface area contributed by atoms with Crippen LogP contribution in [0.5, 0.6) is 0 Å². The van der Waals surface area contributed by atoms with Crippen molar-refractivity contribution in [1.29, 1.82) is 0 Å². The molecule has 0 aromatic carbocycles. The molecule has 1 unspecified atom stereocenters. The van der Waals surface area contributed by atoms with Gasteiger partial charge in [-0.05, 0) is 6.42 Å². The predicted octanol–water partition coefficient (Wildman–Crippen LogP) is 1.08. The minimum atomic E-state index is -4.59. The molecule has 6 nitrogen and oxygen atoms in total. The van der Waals surface area contributed by atoms with Gasteiger partial charge in [0.2, 0.25) is 5.95 Å². The number of nitrogens with zero attached hydrogens (tertiary/aromatic N) is 2. The van der Waals surface area contributed by atoms with E-state index in [4.69, 9.17) is 10.2 Å². The van der Waals surface area contributed by atoms with Crippen molar-refractivity contribution in [1.82, 2.24) is 9.97 Å². The van der Waals surface area contributed by atoms with Crippen molar-refractivity contribution >= 4 is 11.8 Å². The first-order valence-corrected chi connectivity index (χ1v) is 6.09. The lowest BCUT2D eigenvalue weighted by Gasteiger charge is -2.13. The maximum absolute atomic E-state index is 12.7. The molecule has 0 aliphatic rings. The molecule has 1 heterocycles. The number of aliphatic hydroxyl groups excluding tert-OH is 2. The number of alkyl halides is 3. The molecular formula is C11H17F3N4O2. The van der Waals surface area contributed by atoms with Crippen molar-refractivity contribution in [3.8, 4) is 0 Å². The van der Waals surface area contributed by atoms with Gasteiger partial charge in [0.15, 0.2) is 5.69 Å². The van der Waals surface area contributed by atoms with Crippen LogP contribution >= 0.6 is 0 Å². The zero-order chi connectivity index (χ0) is 15.2. The standard InChI is InChI=1S/C11H17F3N4O2/c1-2-3-15-10-17-8(11(12,13)14)4-9(18-10)16-5-7(20)6-19/h4,7,19-20H,2-3,5-6H2,1H3,(H2,15,16,17,18). The molecule has 0 amide bonds. The van der Waals surface area contributed by atoms with Gasteiger partial charge in [-0.1, -0.05) is 6.92 Å². The number of halogens is 3. The van der Waals surface area contributed by atoms with Crippen LogP contribution < -0.4 is 10.6 Å². The Bertz CT molecular complexity index is 429. The number of rotatable bonds is 7. The van der Waals surface area contributed by atoms with Crippen molar-refractivity contribution in [2.45, 2.75) is 25.6 Å². The number of aromatic nitrogens is 2. The van der Waals surface area contributed by atoms with Crippen LogP contribution in [0.4, 0.5) is 24.9 Å². The minimum absolute atomic E-state index is 0.0709. The maximum atomic E-state index is 12.7. The number of hydrogen-bond donors (Lipinski definition) is 4. The first kappa shape index (κ1) is 16.4. The summed E-state index contributed by atoms with van der Waals surface area (Å²) in [5.41, 5.74) is -1.08. The van der Waals surface area contributed by atoms with E-state index in [9.17, 15) is 13.2 Å². The Labute approximate surface area is 114 Å². The highest BCUT2D eigenvalue weighted by molar-refractivity contribution is 5.43. The van der Waals surface area contributed by atoms with Gasteiger partial charge >= 0.3 is 6.18 Å². The molecule has 1 aromatic rings. The van der Waals surface area contributed by atoms with Crippen LogP contribution in [0.25, 0.3) is 0 Å². The summed E-state index contributed by atoms with van der Waals surface area (Å²) in [6, 6.07) is 0.751. The van der Waals surface area contributed by atoms with E-state index in [-0.39, 0.29) is 18.3 Å². The largest absolute Gasteiger partial charge is 0.433 e. The summed E-state index contributed by atoms with van der Waals surface area (Å²) < 4.78 is 38.1. The SMILES string of the molecule is CCCNc1nc(NCC(O)CO)cc(C(F)(F)F)n1.